The molecular formula is C21H22Cl2N4O3S. The molecule has 1 N–H and O–H groups in total. The molecule has 0 fully saturated rings. The van der Waals surface area contributed by atoms with Crippen molar-refractivity contribution in [2.24, 2.45) is 7.05 Å². The Morgan fingerprint density at radius 2 is 1.94 bits per heavy atom. The Bertz CT molecular complexity index is 1210. The molecule has 0 bridgehead atoms. The van der Waals surface area contributed by atoms with Gasteiger partial charge in [-0.3, -0.25) is 14.2 Å². The van der Waals surface area contributed by atoms with Crippen LogP contribution in [0.2, 0.25) is 10.0 Å². The molecule has 0 aliphatic rings. The van der Waals surface area contributed by atoms with Gasteiger partial charge in [-0.15, -0.1) is 0 Å². The van der Waals surface area contributed by atoms with Crippen LogP contribution in [0, 0.1) is 0 Å². The number of hydrogen-bond acceptors (Lipinski definition) is 4. The van der Waals surface area contributed by atoms with Crippen LogP contribution >= 0.6 is 23.2 Å². The fourth-order valence-electron chi connectivity index (χ4n) is 3.01. The Morgan fingerprint density at radius 3 is 2.58 bits per heavy atom. The van der Waals surface area contributed by atoms with E-state index < -0.39 is 10.0 Å². The summed E-state index contributed by atoms with van der Waals surface area (Å²) in [4.78, 5) is 14.7. The van der Waals surface area contributed by atoms with Crippen molar-refractivity contribution in [1.82, 2.24) is 14.7 Å². The second kappa shape index (κ2) is 9.30. The molecule has 3 aromatic rings. The molecule has 3 rings (SSSR count). The van der Waals surface area contributed by atoms with E-state index in [0.717, 1.165) is 5.56 Å². The smallest absolute Gasteiger partial charge is 0.263 e. The van der Waals surface area contributed by atoms with Gasteiger partial charge in [0.15, 0.2) is 0 Å². The van der Waals surface area contributed by atoms with Crippen molar-refractivity contribution < 1.29 is 13.2 Å². The van der Waals surface area contributed by atoms with Gasteiger partial charge in [0.25, 0.3) is 15.9 Å². The second-order valence-electron chi connectivity index (χ2n) is 7.31. The van der Waals surface area contributed by atoms with E-state index in [9.17, 15) is 13.2 Å². The molecule has 1 aromatic heterocycles. The predicted octanol–water partition coefficient (Wildman–Crippen LogP) is 4.58. The number of nitrogens with one attached hydrogen (secondary N) is 1. The number of carbonyl (C=O) groups is 1. The van der Waals surface area contributed by atoms with Gasteiger partial charge in [0.2, 0.25) is 0 Å². The van der Waals surface area contributed by atoms with Gasteiger partial charge in [-0.2, -0.15) is 5.10 Å². The van der Waals surface area contributed by atoms with E-state index in [1.165, 1.54) is 24.3 Å². The summed E-state index contributed by atoms with van der Waals surface area (Å²) < 4.78 is 29.7. The number of halogens is 2. The van der Waals surface area contributed by atoms with Crippen LogP contribution in [-0.2, 0) is 23.6 Å². The average Bonchev–Trinajstić information content (AvgIpc) is 3.12. The lowest BCUT2D eigenvalue weighted by Gasteiger charge is -2.26. The van der Waals surface area contributed by atoms with Crippen molar-refractivity contribution in [3.8, 4) is 0 Å². The van der Waals surface area contributed by atoms with Crippen molar-refractivity contribution in [1.29, 1.82) is 0 Å². The number of sulfonamides is 1. The summed E-state index contributed by atoms with van der Waals surface area (Å²) in [7, 11) is -2.18. The Balaban J connectivity index is 1.86. The first-order chi connectivity index (χ1) is 14.6. The fourth-order valence-corrected chi connectivity index (χ4v) is 4.83. The van der Waals surface area contributed by atoms with Gasteiger partial charge in [0.05, 0.1) is 11.2 Å². The number of nitrogens with zero attached hydrogens (tertiary/aromatic N) is 3. The first kappa shape index (κ1) is 23.1. The Hall–Kier alpha value is -2.55. The summed E-state index contributed by atoms with van der Waals surface area (Å²) in [6, 6.07) is 10.4. The van der Waals surface area contributed by atoms with E-state index in [-0.39, 0.29) is 32.6 Å². The first-order valence-electron chi connectivity index (χ1n) is 9.43. The van der Waals surface area contributed by atoms with Crippen molar-refractivity contribution in [3.63, 3.8) is 0 Å². The van der Waals surface area contributed by atoms with Crippen LogP contribution in [0.25, 0.3) is 0 Å². The monoisotopic (exact) mass is 480 g/mol. The zero-order chi connectivity index (χ0) is 22.8. The highest BCUT2D eigenvalue weighted by atomic mass is 35.5. The molecule has 0 saturated heterocycles. The van der Waals surface area contributed by atoms with Crippen molar-refractivity contribution in [3.05, 3.63) is 76.0 Å². The van der Waals surface area contributed by atoms with Gasteiger partial charge in [-0.25, -0.2) is 8.42 Å². The molecule has 1 heterocycles. The maximum absolute atomic E-state index is 13.2. The van der Waals surface area contributed by atoms with Gasteiger partial charge in [0, 0.05) is 47.7 Å². The number of carbonyl (C=O) groups excluding carboxylic acids is 1. The third-order valence-corrected chi connectivity index (χ3v) is 6.64. The molecule has 0 atom stereocenters. The van der Waals surface area contributed by atoms with E-state index >= 15 is 0 Å². The second-order valence-corrected chi connectivity index (χ2v) is 9.80. The minimum Gasteiger partial charge on any atom is -0.332 e. The summed E-state index contributed by atoms with van der Waals surface area (Å²) in [5.41, 5.74) is 1.50. The van der Waals surface area contributed by atoms with Crippen LogP contribution in [0.5, 0.6) is 0 Å². The highest BCUT2D eigenvalue weighted by molar-refractivity contribution is 7.92. The number of aromatic nitrogens is 2. The van der Waals surface area contributed by atoms with E-state index in [2.05, 4.69) is 9.82 Å². The van der Waals surface area contributed by atoms with Gasteiger partial charge in [-0.1, -0.05) is 29.3 Å². The quantitative estimate of drug-likeness (QED) is 0.536. The molecule has 1 amide bonds. The summed E-state index contributed by atoms with van der Waals surface area (Å²) in [5, 5.41) is 4.43. The van der Waals surface area contributed by atoms with Gasteiger partial charge in [0.1, 0.15) is 4.90 Å². The van der Waals surface area contributed by atoms with Crippen LogP contribution in [0.4, 0.5) is 5.69 Å². The molecule has 7 nitrogen and oxygen atoms in total. The molecule has 31 heavy (non-hydrogen) atoms. The van der Waals surface area contributed by atoms with E-state index in [0.29, 0.717) is 12.1 Å². The van der Waals surface area contributed by atoms with Crippen LogP contribution in [0.15, 0.2) is 59.8 Å². The summed E-state index contributed by atoms with van der Waals surface area (Å²) >= 11 is 12.0. The van der Waals surface area contributed by atoms with Crippen molar-refractivity contribution in [2.45, 2.75) is 31.3 Å². The molecule has 0 unspecified atom stereocenters. The van der Waals surface area contributed by atoms with E-state index in [4.69, 9.17) is 23.2 Å². The van der Waals surface area contributed by atoms with Crippen molar-refractivity contribution in [2.75, 3.05) is 4.72 Å². The zero-order valence-corrected chi connectivity index (χ0v) is 19.5. The third-order valence-electron chi connectivity index (χ3n) is 4.54. The molecular weight excluding hydrogens is 459 g/mol. The Morgan fingerprint density at radius 1 is 1.19 bits per heavy atom. The van der Waals surface area contributed by atoms with Crippen LogP contribution in [0.3, 0.4) is 0 Å². The number of anilines is 1. The van der Waals surface area contributed by atoms with Gasteiger partial charge < -0.3 is 4.90 Å². The van der Waals surface area contributed by atoms with Crippen LogP contribution in [0.1, 0.15) is 29.8 Å². The minimum absolute atomic E-state index is 0.0478. The number of benzene rings is 2. The summed E-state index contributed by atoms with van der Waals surface area (Å²) in [5.74, 6) is -0.222. The zero-order valence-electron chi connectivity index (χ0n) is 17.2. The first-order valence-corrected chi connectivity index (χ1v) is 11.7. The Labute approximate surface area is 191 Å². The predicted molar refractivity (Wildman–Crippen MR) is 122 cm³/mol. The fraction of sp³-hybridized carbons (Fsp3) is 0.238. The molecule has 10 heteroatoms. The highest BCUT2D eigenvalue weighted by Gasteiger charge is 2.22. The average molecular weight is 481 g/mol. The standard InChI is InChI=1S/C21H22Cl2N4O3S/c1-14(2)27(13-15-11-24-26(3)12-15)21(28)16-5-4-6-18(9-16)25-31(29,30)20-10-17(22)7-8-19(20)23/h4-12,14,25H,13H2,1-3H3. The topological polar surface area (TPSA) is 84.3 Å². The van der Waals surface area contributed by atoms with Crippen LogP contribution in [-0.4, -0.2) is 35.0 Å². The summed E-state index contributed by atoms with van der Waals surface area (Å²) in [6.07, 6.45) is 3.56. The maximum atomic E-state index is 13.2. The number of hydrogen-bond donors (Lipinski definition) is 1. The molecule has 0 aliphatic carbocycles. The third kappa shape index (κ3) is 5.58. The lowest BCUT2D eigenvalue weighted by atomic mass is 10.1. The molecule has 0 aliphatic heterocycles. The highest BCUT2D eigenvalue weighted by Crippen LogP contribution is 2.27. The molecule has 0 radical (unpaired) electrons. The normalized spacial score (nSPS) is 11.5. The largest absolute Gasteiger partial charge is 0.332 e. The summed E-state index contributed by atoms with van der Waals surface area (Å²) in [6.45, 7) is 4.22. The van der Waals surface area contributed by atoms with Crippen molar-refractivity contribution >= 4 is 44.8 Å². The molecule has 2 aromatic carbocycles. The van der Waals surface area contributed by atoms with Crippen LogP contribution < -0.4 is 4.72 Å². The van der Waals surface area contributed by atoms with Gasteiger partial charge in [-0.05, 0) is 50.2 Å². The number of aryl methyl sites for hydroxylation is 1. The molecule has 164 valence electrons. The Kier molecular flexibility index (Phi) is 6.93. The SMILES string of the molecule is CC(C)N(Cc1cnn(C)c1)C(=O)c1cccc(NS(=O)(=O)c2cc(Cl)ccc2Cl)c1. The van der Waals surface area contributed by atoms with E-state index in [1.54, 1.807) is 34.0 Å². The lowest BCUT2D eigenvalue weighted by molar-refractivity contribution is 0.0690. The van der Waals surface area contributed by atoms with Gasteiger partial charge >= 0.3 is 0 Å². The van der Waals surface area contributed by atoms with E-state index in [1.807, 2.05) is 27.1 Å². The lowest BCUT2D eigenvalue weighted by Crippen LogP contribution is -2.36. The molecule has 0 saturated carbocycles. The maximum Gasteiger partial charge on any atom is 0.263 e. The minimum atomic E-state index is -3.99. The number of amides is 1. The molecule has 0 spiro atoms. The number of rotatable bonds is 7.